The number of carbonyl (C=O) groups excluding carboxylic acids is 2. The Morgan fingerprint density at radius 3 is 2.43 bits per heavy atom. The Morgan fingerprint density at radius 1 is 1.07 bits per heavy atom. The first-order chi connectivity index (χ1) is 14.5. The fourth-order valence-corrected chi connectivity index (χ4v) is 3.66. The highest BCUT2D eigenvalue weighted by Crippen LogP contribution is 2.36. The molecule has 6 heteroatoms. The van der Waals surface area contributed by atoms with Gasteiger partial charge in [0.1, 0.15) is 18.1 Å². The molecule has 2 amide bonds. The van der Waals surface area contributed by atoms with E-state index < -0.39 is 18.0 Å². The molecule has 4 rings (SSSR count). The van der Waals surface area contributed by atoms with Gasteiger partial charge in [-0.15, -0.1) is 0 Å². The Morgan fingerprint density at radius 2 is 1.73 bits per heavy atom. The van der Waals surface area contributed by atoms with Gasteiger partial charge in [0.15, 0.2) is 6.10 Å². The summed E-state index contributed by atoms with van der Waals surface area (Å²) in [4.78, 5) is 27.4. The van der Waals surface area contributed by atoms with Crippen LogP contribution in [-0.4, -0.2) is 29.4 Å². The normalized spacial score (nSPS) is 16.8. The van der Waals surface area contributed by atoms with E-state index >= 15 is 0 Å². The molecule has 0 radical (unpaired) electrons. The van der Waals surface area contributed by atoms with Crippen LogP contribution in [-0.2, 0) is 9.59 Å². The molecule has 0 unspecified atom stereocenters. The van der Waals surface area contributed by atoms with E-state index in [-0.39, 0.29) is 18.4 Å². The minimum Gasteiger partial charge on any atom is -0.481 e. The van der Waals surface area contributed by atoms with Gasteiger partial charge in [-0.2, -0.15) is 0 Å². The fourth-order valence-electron chi connectivity index (χ4n) is 3.66. The Bertz CT molecular complexity index is 1060. The number of nitrogens with zero attached hydrogens (tertiary/aromatic N) is 1. The lowest BCUT2D eigenvalue weighted by Crippen LogP contribution is -2.45. The highest BCUT2D eigenvalue weighted by Gasteiger charge is 2.36. The third-order valence-corrected chi connectivity index (χ3v) is 5.01. The summed E-state index contributed by atoms with van der Waals surface area (Å²) in [5.74, 6) is -0.589. The SMILES string of the molecule is C[C@@H](Oc1ccccc1)C(=O)N1CC(=O)Nc2ccc(F)cc2[C@H]1c1ccccc1. The molecule has 2 atom stereocenters. The van der Waals surface area contributed by atoms with Crippen LogP contribution in [0.4, 0.5) is 10.1 Å². The Balaban J connectivity index is 1.75. The molecule has 0 spiro atoms. The monoisotopic (exact) mass is 404 g/mol. The van der Waals surface area contributed by atoms with Crippen molar-refractivity contribution in [1.82, 2.24) is 4.90 Å². The standard InChI is InChI=1S/C24H21FN2O3/c1-16(30-19-10-6-3-7-11-19)24(29)27-15-22(28)26-21-13-12-18(25)14-20(21)23(27)17-8-4-2-5-9-17/h2-14,16,23H,15H2,1H3,(H,26,28)/t16-,23-/m1/s1. The van der Waals surface area contributed by atoms with Crippen LogP contribution in [0.15, 0.2) is 78.9 Å². The average Bonchev–Trinajstić information content (AvgIpc) is 2.90. The van der Waals surface area contributed by atoms with Crippen molar-refractivity contribution in [2.75, 3.05) is 11.9 Å². The van der Waals surface area contributed by atoms with Gasteiger partial charge in [-0.3, -0.25) is 9.59 Å². The number of hydrogen-bond acceptors (Lipinski definition) is 3. The molecule has 0 bridgehead atoms. The summed E-state index contributed by atoms with van der Waals surface area (Å²) in [5.41, 5.74) is 1.79. The highest BCUT2D eigenvalue weighted by molar-refractivity contribution is 5.97. The molecule has 152 valence electrons. The Labute approximate surface area is 174 Å². The molecule has 0 aromatic heterocycles. The molecule has 0 aliphatic carbocycles. The van der Waals surface area contributed by atoms with Gasteiger partial charge in [0.2, 0.25) is 5.91 Å². The molecule has 1 aliphatic heterocycles. The van der Waals surface area contributed by atoms with E-state index in [0.717, 1.165) is 5.56 Å². The van der Waals surface area contributed by atoms with Crippen molar-refractivity contribution in [3.63, 3.8) is 0 Å². The van der Waals surface area contributed by atoms with E-state index in [4.69, 9.17) is 4.74 Å². The number of benzene rings is 3. The molecular weight excluding hydrogens is 383 g/mol. The number of ether oxygens (including phenoxy) is 1. The molecule has 3 aromatic rings. The van der Waals surface area contributed by atoms with Gasteiger partial charge in [0.05, 0.1) is 6.04 Å². The predicted molar refractivity (Wildman–Crippen MR) is 112 cm³/mol. The summed E-state index contributed by atoms with van der Waals surface area (Å²) in [6.45, 7) is 1.48. The predicted octanol–water partition coefficient (Wildman–Crippen LogP) is 4.16. The average molecular weight is 404 g/mol. The van der Waals surface area contributed by atoms with E-state index in [1.807, 2.05) is 48.5 Å². The van der Waals surface area contributed by atoms with Crippen LogP contribution >= 0.6 is 0 Å². The van der Waals surface area contributed by atoms with Gasteiger partial charge in [-0.1, -0.05) is 48.5 Å². The molecule has 3 aromatic carbocycles. The highest BCUT2D eigenvalue weighted by atomic mass is 19.1. The summed E-state index contributed by atoms with van der Waals surface area (Å²) in [6.07, 6.45) is -0.832. The first kappa shape index (κ1) is 19.6. The summed E-state index contributed by atoms with van der Waals surface area (Å²) >= 11 is 0. The van der Waals surface area contributed by atoms with E-state index in [1.165, 1.54) is 23.1 Å². The van der Waals surface area contributed by atoms with Gasteiger partial charge in [0.25, 0.3) is 5.91 Å². The summed E-state index contributed by atoms with van der Waals surface area (Å²) < 4.78 is 20.0. The maximum Gasteiger partial charge on any atom is 0.264 e. The van der Waals surface area contributed by atoms with Crippen LogP contribution in [0.3, 0.4) is 0 Å². The molecule has 1 heterocycles. The number of carbonyl (C=O) groups is 2. The molecule has 5 nitrogen and oxygen atoms in total. The first-order valence-electron chi connectivity index (χ1n) is 9.69. The van der Waals surface area contributed by atoms with Crippen molar-refractivity contribution in [2.45, 2.75) is 19.1 Å². The number of amides is 2. The second kappa shape index (κ2) is 8.37. The molecule has 0 saturated carbocycles. The molecule has 0 saturated heterocycles. The molecule has 0 fully saturated rings. The lowest BCUT2D eigenvalue weighted by Gasteiger charge is -2.32. The Hall–Kier alpha value is -3.67. The van der Waals surface area contributed by atoms with Crippen LogP contribution in [0.25, 0.3) is 0 Å². The zero-order valence-corrected chi connectivity index (χ0v) is 16.4. The van der Waals surface area contributed by atoms with Crippen LogP contribution < -0.4 is 10.1 Å². The topological polar surface area (TPSA) is 58.6 Å². The summed E-state index contributed by atoms with van der Waals surface area (Å²) in [5, 5.41) is 2.78. The minimum atomic E-state index is -0.832. The summed E-state index contributed by atoms with van der Waals surface area (Å²) in [7, 11) is 0. The first-order valence-corrected chi connectivity index (χ1v) is 9.69. The van der Waals surface area contributed by atoms with Gasteiger partial charge >= 0.3 is 0 Å². The van der Waals surface area contributed by atoms with Gasteiger partial charge < -0.3 is 15.0 Å². The van der Waals surface area contributed by atoms with Crippen molar-refractivity contribution in [1.29, 1.82) is 0 Å². The van der Waals surface area contributed by atoms with Gasteiger partial charge in [0, 0.05) is 11.3 Å². The molecule has 1 N–H and O–H groups in total. The summed E-state index contributed by atoms with van der Waals surface area (Å²) in [6, 6.07) is 21.8. The van der Waals surface area contributed by atoms with Crippen molar-refractivity contribution in [3.8, 4) is 5.75 Å². The second-order valence-electron chi connectivity index (χ2n) is 7.13. The largest absolute Gasteiger partial charge is 0.481 e. The molecule has 30 heavy (non-hydrogen) atoms. The van der Waals surface area contributed by atoms with Crippen molar-refractivity contribution >= 4 is 17.5 Å². The number of fused-ring (bicyclic) bond motifs is 1. The minimum absolute atomic E-state index is 0.169. The van der Waals surface area contributed by atoms with Crippen molar-refractivity contribution in [2.24, 2.45) is 0 Å². The number of hydrogen-bond donors (Lipinski definition) is 1. The number of rotatable bonds is 4. The van der Waals surface area contributed by atoms with Crippen LogP contribution in [0.2, 0.25) is 0 Å². The maximum atomic E-state index is 14.1. The maximum absolute atomic E-state index is 14.1. The smallest absolute Gasteiger partial charge is 0.264 e. The number of nitrogens with one attached hydrogen (secondary N) is 1. The van der Waals surface area contributed by atoms with Crippen molar-refractivity contribution in [3.05, 3.63) is 95.8 Å². The van der Waals surface area contributed by atoms with Crippen LogP contribution in [0.1, 0.15) is 24.1 Å². The van der Waals surface area contributed by atoms with Gasteiger partial charge in [-0.05, 0) is 42.8 Å². The van der Waals surface area contributed by atoms with Gasteiger partial charge in [-0.25, -0.2) is 4.39 Å². The number of anilines is 1. The Kier molecular flexibility index (Phi) is 5.48. The third-order valence-electron chi connectivity index (χ3n) is 5.01. The number of para-hydroxylation sites is 1. The van der Waals surface area contributed by atoms with Crippen molar-refractivity contribution < 1.29 is 18.7 Å². The molecule has 1 aliphatic rings. The van der Waals surface area contributed by atoms with E-state index in [0.29, 0.717) is 17.0 Å². The van der Waals surface area contributed by atoms with E-state index in [9.17, 15) is 14.0 Å². The lowest BCUT2D eigenvalue weighted by atomic mass is 9.95. The van der Waals surface area contributed by atoms with Crippen LogP contribution in [0.5, 0.6) is 5.75 Å². The van der Waals surface area contributed by atoms with Crippen LogP contribution in [0, 0.1) is 5.82 Å². The molecular formula is C24H21FN2O3. The lowest BCUT2D eigenvalue weighted by molar-refractivity contribution is -0.142. The zero-order chi connectivity index (χ0) is 21.1. The number of halogens is 1. The second-order valence-corrected chi connectivity index (χ2v) is 7.13. The third kappa shape index (κ3) is 4.03. The quantitative estimate of drug-likeness (QED) is 0.710. The van der Waals surface area contributed by atoms with E-state index in [2.05, 4.69) is 5.32 Å². The zero-order valence-electron chi connectivity index (χ0n) is 16.4. The van der Waals surface area contributed by atoms with E-state index in [1.54, 1.807) is 19.1 Å². The fraction of sp³-hybridized carbons (Fsp3) is 0.167.